The molecular weight excluding hydrogens is 190 g/mol. The molecule has 14 heavy (non-hydrogen) atoms. The molecule has 0 saturated heterocycles. The van der Waals surface area contributed by atoms with Crippen LogP contribution >= 0.6 is 0 Å². The van der Waals surface area contributed by atoms with E-state index in [2.05, 4.69) is 9.53 Å². The Morgan fingerprint density at radius 3 is 2.64 bits per heavy atom. The van der Waals surface area contributed by atoms with Crippen LogP contribution in [0.5, 0.6) is 5.75 Å². The topological polar surface area (TPSA) is 45.6 Å². The van der Waals surface area contributed by atoms with Crippen molar-refractivity contribution in [1.29, 1.82) is 0 Å². The lowest BCUT2D eigenvalue weighted by atomic mass is 10.1. The molecule has 0 aromatic heterocycles. The van der Waals surface area contributed by atoms with Crippen molar-refractivity contribution in [3.63, 3.8) is 0 Å². The van der Waals surface area contributed by atoms with Gasteiger partial charge in [-0.3, -0.25) is 0 Å². The van der Waals surface area contributed by atoms with Gasteiger partial charge in [0, 0.05) is 6.92 Å². The summed E-state index contributed by atoms with van der Waals surface area (Å²) in [7, 11) is 0. The van der Waals surface area contributed by atoms with Crippen LogP contribution in [-0.2, 0) is 0 Å². The Hall–Kier alpha value is -1.74. The lowest BCUT2D eigenvalue weighted by Crippen LogP contribution is -2.07. The molecule has 0 spiro atoms. The van der Waals surface area contributed by atoms with Gasteiger partial charge in [0.25, 0.3) is 5.71 Å². The average molecular weight is 198 g/mol. The van der Waals surface area contributed by atoms with Crippen LogP contribution in [0.4, 0.5) is 8.78 Å². The highest BCUT2D eigenvalue weighted by Gasteiger charge is 2.14. The second-order valence-electron chi connectivity index (χ2n) is 2.56. The van der Waals surface area contributed by atoms with Crippen molar-refractivity contribution < 1.29 is 18.3 Å². The Kier molecular flexibility index (Phi) is 3.31. The summed E-state index contributed by atoms with van der Waals surface area (Å²) >= 11 is 0. The van der Waals surface area contributed by atoms with Crippen LogP contribution in [0.3, 0.4) is 0 Å². The van der Waals surface area contributed by atoms with E-state index in [1.54, 1.807) is 12.1 Å². The number of nitrogens with zero attached hydrogens (tertiary/aromatic N) is 2. The fourth-order valence-electron chi connectivity index (χ4n) is 1.02. The highest BCUT2D eigenvalue weighted by Crippen LogP contribution is 2.20. The number of benzene rings is 1. The molecule has 0 aliphatic rings. The third kappa shape index (κ3) is 2.37. The standard InChI is InChI=1S/C9H8F2N2O/c1-6(13-12)7-4-2-3-5-8(7)14-9(10)11/h2-5,9H,1H3. The van der Waals surface area contributed by atoms with E-state index in [0.29, 0.717) is 5.56 Å². The van der Waals surface area contributed by atoms with Gasteiger partial charge in [-0.2, -0.15) is 13.6 Å². The Labute approximate surface area is 79.6 Å². The molecule has 1 rings (SSSR count). The highest BCUT2D eigenvalue weighted by molar-refractivity contribution is 5.96. The summed E-state index contributed by atoms with van der Waals surface area (Å²) < 4.78 is 28.1. The molecule has 0 atom stereocenters. The lowest BCUT2D eigenvalue weighted by Gasteiger charge is -2.05. The predicted molar refractivity (Wildman–Crippen MR) is 46.5 cm³/mol. The zero-order valence-corrected chi connectivity index (χ0v) is 7.45. The summed E-state index contributed by atoms with van der Waals surface area (Å²) in [6, 6.07) is 6.12. The smallest absolute Gasteiger partial charge is 0.387 e. The van der Waals surface area contributed by atoms with Gasteiger partial charge in [-0.1, -0.05) is 12.1 Å². The molecule has 1 aromatic rings. The van der Waals surface area contributed by atoms with Crippen LogP contribution in [0.25, 0.3) is 5.53 Å². The van der Waals surface area contributed by atoms with E-state index >= 15 is 0 Å². The summed E-state index contributed by atoms with van der Waals surface area (Å²) in [6.45, 7) is -1.39. The fourth-order valence-corrected chi connectivity index (χ4v) is 1.02. The molecule has 0 radical (unpaired) electrons. The van der Waals surface area contributed by atoms with E-state index < -0.39 is 6.61 Å². The van der Waals surface area contributed by atoms with Crippen LogP contribution < -0.4 is 4.74 Å². The SMILES string of the molecule is CC(=[N+]=[N-])c1ccccc1OC(F)F. The first kappa shape index (κ1) is 10.3. The van der Waals surface area contributed by atoms with E-state index in [4.69, 9.17) is 5.53 Å². The Bertz CT molecular complexity index is 373. The Morgan fingerprint density at radius 1 is 1.43 bits per heavy atom. The summed E-state index contributed by atoms with van der Waals surface area (Å²) in [6.07, 6.45) is 0. The van der Waals surface area contributed by atoms with E-state index in [9.17, 15) is 8.78 Å². The normalized spacial score (nSPS) is 9.71. The van der Waals surface area contributed by atoms with Gasteiger partial charge in [0.15, 0.2) is 0 Å². The quantitative estimate of drug-likeness (QED) is 0.417. The van der Waals surface area contributed by atoms with Gasteiger partial charge in [-0.25, -0.2) is 0 Å². The predicted octanol–water partition coefficient (Wildman–Crippen LogP) is 2.33. The van der Waals surface area contributed by atoms with Gasteiger partial charge in [-0.15, -0.1) is 0 Å². The molecule has 1 aromatic carbocycles. The molecule has 5 heteroatoms. The number of alkyl halides is 2. The van der Waals surface area contributed by atoms with Gasteiger partial charge in [0.1, 0.15) is 11.3 Å². The number of ether oxygens (including phenoxy) is 1. The maximum Gasteiger partial charge on any atom is 0.387 e. The maximum absolute atomic E-state index is 11.9. The minimum absolute atomic E-state index is 0.00204. The third-order valence-corrected chi connectivity index (χ3v) is 1.64. The molecule has 0 amide bonds. The zero-order valence-electron chi connectivity index (χ0n) is 7.45. The molecule has 0 saturated carbocycles. The molecular formula is C9H8F2N2O. The van der Waals surface area contributed by atoms with Gasteiger partial charge in [0.05, 0.1) is 0 Å². The Morgan fingerprint density at radius 2 is 2.07 bits per heavy atom. The van der Waals surface area contributed by atoms with E-state index in [1.807, 2.05) is 0 Å². The van der Waals surface area contributed by atoms with Crippen molar-refractivity contribution in [2.75, 3.05) is 0 Å². The van der Waals surface area contributed by atoms with Crippen molar-refractivity contribution in [1.82, 2.24) is 0 Å². The molecule has 3 nitrogen and oxygen atoms in total. The molecule has 0 heterocycles. The number of halogens is 2. The van der Waals surface area contributed by atoms with Crippen LogP contribution in [-0.4, -0.2) is 17.1 Å². The largest absolute Gasteiger partial charge is 0.434 e. The monoisotopic (exact) mass is 198 g/mol. The van der Waals surface area contributed by atoms with Crippen LogP contribution in [0.2, 0.25) is 0 Å². The summed E-state index contributed by atoms with van der Waals surface area (Å²) in [4.78, 5) is 2.92. The minimum Gasteiger partial charge on any atom is -0.434 e. The number of rotatable bonds is 3. The van der Waals surface area contributed by atoms with Crippen molar-refractivity contribution in [3.8, 4) is 5.75 Å². The lowest BCUT2D eigenvalue weighted by molar-refractivity contribution is -0.0505. The van der Waals surface area contributed by atoms with E-state index in [-0.39, 0.29) is 11.5 Å². The second kappa shape index (κ2) is 4.48. The van der Waals surface area contributed by atoms with E-state index in [0.717, 1.165) is 0 Å². The van der Waals surface area contributed by atoms with Gasteiger partial charge in [-0.05, 0) is 12.1 Å². The Balaban J connectivity index is 3.09. The van der Waals surface area contributed by atoms with Crippen molar-refractivity contribution >= 4 is 5.71 Å². The highest BCUT2D eigenvalue weighted by atomic mass is 19.3. The van der Waals surface area contributed by atoms with E-state index in [1.165, 1.54) is 19.1 Å². The summed E-state index contributed by atoms with van der Waals surface area (Å²) in [5.74, 6) is -0.00204. The average Bonchev–Trinajstić information content (AvgIpc) is 2.16. The van der Waals surface area contributed by atoms with Crippen molar-refractivity contribution in [2.45, 2.75) is 13.5 Å². The molecule has 0 aliphatic carbocycles. The van der Waals surface area contributed by atoms with Crippen molar-refractivity contribution in [3.05, 3.63) is 35.4 Å². The number of hydrogen-bond donors (Lipinski definition) is 0. The van der Waals surface area contributed by atoms with Crippen LogP contribution in [0.15, 0.2) is 24.3 Å². The molecule has 0 fully saturated rings. The maximum atomic E-state index is 11.9. The first-order valence-corrected chi connectivity index (χ1v) is 3.88. The van der Waals surface area contributed by atoms with Crippen LogP contribution in [0, 0.1) is 0 Å². The van der Waals surface area contributed by atoms with Gasteiger partial charge in [0.2, 0.25) is 0 Å². The molecule has 0 unspecified atom stereocenters. The summed E-state index contributed by atoms with van der Waals surface area (Å²) in [5, 5.41) is 0. The third-order valence-electron chi connectivity index (χ3n) is 1.64. The zero-order chi connectivity index (χ0) is 10.6. The van der Waals surface area contributed by atoms with Gasteiger partial charge >= 0.3 is 6.61 Å². The summed E-state index contributed by atoms with van der Waals surface area (Å²) in [5.41, 5.74) is 9.06. The van der Waals surface area contributed by atoms with Crippen molar-refractivity contribution in [2.24, 2.45) is 0 Å². The first-order chi connectivity index (χ1) is 6.65. The molecule has 0 bridgehead atoms. The number of para-hydroxylation sites is 1. The fraction of sp³-hybridized carbons (Fsp3) is 0.222. The second-order valence-corrected chi connectivity index (χ2v) is 2.56. The van der Waals surface area contributed by atoms with Crippen LogP contribution in [0.1, 0.15) is 12.5 Å². The molecule has 0 aliphatic heterocycles. The molecule has 0 N–H and O–H groups in total. The minimum atomic E-state index is -2.89. The molecule has 74 valence electrons. The first-order valence-electron chi connectivity index (χ1n) is 3.88. The van der Waals surface area contributed by atoms with Gasteiger partial charge < -0.3 is 10.3 Å². The number of hydrogen-bond acceptors (Lipinski definition) is 1.